The Balaban J connectivity index is 2.15. The number of hydrogen-bond acceptors (Lipinski definition) is 2. The van der Waals surface area contributed by atoms with Crippen molar-refractivity contribution in [2.75, 3.05) is 4.90 Å². The van der Waals surface area contributed by atoms with Gasteiger partial charge >= 0.3 is 0 Å². The SMILES string of the molecule is C1=CC2=NCc3ccccc3N2C=C1. The maximum atomic E-state index is 4.50. The Morgan fingerprint density at radius 3 is 3.07 bits per heavy atom. The molecule has 0 fully saturated rings. The summed E-state index contributed by atoms with van der Waals surface area (Å²) in [5.41, 5.74) is 2.54. The number of benzene rings is 1. The van der Waals surface area contributed by atoms with Crippen LogP contribution in [0, 0.1) is 0 Å². The van der Waals surface area contributed by atoms with Crippen LogP contribution in [0.15, 0.2) is 53.7 Å². The van der Waals surface area contributed by atoms with Gasteiger partial charge in [0.05, 0.1) is 12.2 Å². The van der Waals surface area contributed by atoms with E-state index in [-0.39, 0.29) is 0 Å². The van der Waals surface area contributed by atoms with Crippen molar-refractivity contribution in [3.05, 3.63) is 54.3 Å². The summed E-state index contributed by atoms with van der Waals surface area (Å²) in [6, 6.07) is 8.38. The van der Waals surface area contributed by atoms with Crippen LogP contribution in [0.25, 0.3) is 0 Å². The molecule has 0 aromatic heterocycles. The first-order chi connectivity index (χ1) is 6.95. The van der Waals surface area contributed by atoms with Crippen molar-refractivity contribution >= 4 is 11.5 Å². The molecular weight excluding hydrogens is 172 g/mol. The number of fused-ring (bicyclic) bond motifs is 3. The first-order valence-corrected chi connectivity index (χ1v) is 4.71. The molecule has 0 radical (unpaired) electrons. The van der Waals surface area contributed by atoms with E-state index in [2.05, 4.69) is 40.4 Å². The van der Waals surface area contributed by atoms with Crippen LogP contribution in [0.5, 0.6) is 0 Å². The third-order valence-corrected chi connectivity index (χ3v) is 2.50. The van der Waals surface area contributed by atoms with Crippen LogP contribution in [-0.4, -0.2) is 5.84 Å². The van der Waals surface area contributed by atoms with Gasteiger partial charge in [-0.2, -0.15) is 0 Å². The van der Waals surface area contributed by atoms with Gasteiger partial charge in [-0.15, -0.1) is 0 Å². The zero-order valence-corrected chi connectivity index (χ0v) is 7.72. The molecule has 3 rings (SSSR count). The molecule has 1 aromatic rings. The van der Waals surface area contributed by atoms with Gasteiger partial charge in [-0.05, 0) is 23.8 Å². The second kappa shape index (κ2) is 2.84. The minimum absolute atomic E-state index is 0.792. The van der Waals surface area contributed by atoms with E-state index in [4.69, 9.17) is 0 Å². The minimum atomic E-state index is 0.792. The lowest BCUT2D eigenvalue weighted by molar-refractivity contribution is 1.01. The quantitative estimate of drug-likeness (QED) is 0.602. The Morgan fingerprint density at radius 2 is 2.07 bits per heavy atom. The van der Waals surface area contributed by atoms with E-state index in [1.807, 2.05) is 18.2 Å². The molecule has 0 bridgehead atoms. The first kappa shape index (κ1) is 7.56. The number of aliphatic imine (C=N–C) groups is 1. The Labute approximate surface area is 82.9 Å². The molecule has 0 amide bonds. The fourth-order valence-corrected chi connectivity index (χ4v) is 1.81. The highest BCUT2D eigenvalue weighted by atomic mass is 15.2. The number of para-hydroxylation sites is 1. The summed E-state index contributed by atoms with van der Waals surface area (Å²) in [4.78, 5) is 6.62. The van der Waals surface area contributed by atoms with Gasteiger partial charge in [0.2, 0.25) is 0 Å². The molecule has 2 aliphatic rings. The van der Waals surface area contributed by atoms with Gasteiger partial charge in [0.15, 0.2) is 0 Å². The van der Waals surface area contributed by atoms with E-state index in [1.54, 1.807) is 0 Å². The van der Waals surface area contributed by atoms with Crippen molar-refractivity contribution in [2.45, 2.75) is 6.54 Å². The number of hydrogen-bond donors (Lipinski definition) is 0. The first-order valence-electron chi connectivity index (χ1n) is 4.71. The van der Waals surface area contributed by atoms with Gasteiger partial charge in [-0.3, -0.25) is 4.99 Å². The topological polar surface area (TPSA) is 15.6 Å². The third-order valence-electron chi connectivity index (χ3n) is 2.50. The largest absolute Gasteiger partial charge is 0.302 e. The van der Waals surface area contributed by atoms with Crippen molar-refractivity contribution in [3.8, 4) is 0 Å². The van der Waals surface area contributed by atoms with E-state index in [0.717, 1.165) is 12.4 Å². The van der Waals surface area contributed by atoms with Crippen LogP contribution < -0.4 is 4.90 Å². The van der Waals surface area contributed by atoms with Gasteiger partial charge in [-0.25, -0.2) is 0 Å². The van der Waals surface area contributed by atoms with Crippen molar-refractivity contribution in [1.29, 1.82) is 0 Å². The van der Waals surface area contributed by atoms with Crippen molar-refractivity contribution in [2.24, 2.45) is 4.99 Å². The van der Waals surface area contributed by atoms with Gasteiger partial charge in [0.1, 0.15) is 5.84 Å². The summed E-state index contributed by atoms with van der Waals surface area (Å²) < 4.78 is 0. The summed E-state index contributed by atoms with van der Waals surface area (Å²) in [5, 5.41) is 0. The van der Waals surface area contributed by atoms with Crippen molar-refractivity contribution < 1.29 is 0 Å². The normalized spacial score (nSPS) is 17.4. The summed E-state index contributed by atoms with van der Waals surface area (Å²) >= 11 is 0. The summed E-state index contributed by atoms with van der Waals surface area (Å²) in [7, 11) is 0. The van der Waals surface area contributed by atoms with Gasteiger partial charge in [-0.1, -0.05) is 24.3 Å². The third kappa shape index (κ3) is 1.01. The number of nitrogens with zero attached hydrogens (tertiary/aromatic N) is 2. The molecule has 0 atom stereocenters. The monoisotopic (exact) mass is 182 g/mol. The van der Waals surface area contributed by atoms with Gasteiger partial charge < -0.3 is 4.90 Å². The van der Waals surface area contributed by atoms with Crippen molar-refractivity contribution in [3.63, 3.8) is 0 Å². The number of allylic oxidation sites excluding steroid dienone is 2. The van der Waals surface area contributed by atoms with E-state index in [9.17, 15) is 0 Å². The summed E-state index contributed by atoms with van der Waals surface area (Å²) in [6.07, 6.45) is 8.14. The summed E-state index contributed by atoms with van der Waals surface area (Å²) in [5.74, 6) is 1.03. The number of rotatable bonds is 0. The Bertz CT molecular complexity index is 455. The lowest BCUT2D eigenvalue weighted by Gasteiger charge is -2.28. The van der Waals surface area contributed by atoms with E-state index in [0.29, 0.717) is 0 Å². The molecule has 14 heavy (non-hydrogen) atoms. The van der Waals surface area contributed by atoms with E-state index in [1.165, 1.54) is 11.3 Å². The molecule has 2 heterocycles. The van der Waals surface area contributed by atoms with Crippen LogP contribution in [0.2, 0.25) is 0 Å². The predicted molar refractivity (Wildman–Crippen MR) is 58.3 cm³/mol. The Hall–Kier alpha value is -1.83. The molecule has 2 aliphatic heterocycles. The van der Waals surface area contributed by atoms with E-state index >= 15 is 0 Å². The molecule has 2 heteroatoms. The Kier molecular flexibility index (Phi) is 1.53. The molecule has 0 spiro atoms. The lowest BCUT2D eigenvalue weighted by atomic mass is 10.1. The highest BCUT2D eigenvalue weighted by Gasteiger charge is 2.17. The van der Waals surface area contributed by atoms with Gasteiger partial charge in [0.25, 0.3) is 0 Å². The van der Waals surface area contributed by atoms with Crippen LogP contribution in [-0.2, 0) is 6.54 Å². The lowest BCUT2D eigenvalue weighted by Crippen LogP contribution is -2.28. The average Bonchev–Trinajstić information content (AvgIpc) is 2.29. The zero-order valence-electron chi connectivity index (χ0n) is 7.72. The fourth-order valence-electron chi connectivity index (χ4n) is 1.81. The van der Waals surface area contributed by atoms with Crippen LogP contribution in [0.3, 0.4) is 0 Å². The average molecular weight is 182 g/mol. The molecule has 68 valence electrons. The highest BCUT2D eigenvalue weighted by molar-refractivity contribution is 6.09. The maximum absolute atomic E-state index is 4.50. The molecule has 2 nitrogen and oxygen atoms in total. The number of anilines is 1. The smallest absolute Gasteiger partial charge is 0.132 e. The molecule has 0 unspecified atom stereocenters. The molecule has 0 saturated carbocycles. The second-order valence-corrected chi connectivity index (χ2v) is 3.37. The maximum Gasteiger partial charge on any atom is 0.132 e. The minimum Gasteiger partial charge on any atom is -0.302 e. The second-order valence-electron chi connectivity index (χ2n) is 3.37. The van der Waals surface area contributed by atoms with E-state index < -0.39 is 0 Å². The standard InChI is InChI=1S/C12H10N2/c1-2-6-11-10(5-1)9-13-12-7-3-4-8-14(11)12/h1-8H,9H2. The molecule has 0 aliphatic carbocycles. The molecule has 1 aromatic carbocycles. The van der Waals surface area contributed by atoms with Crippen molar-refractivity contribution in [1.82, 2.24) is 0 Å². The van der Waals surface area contributed by atoms with Crippen LogP contribution >= 0.6 is 0 Å². The van der Waals surface area contributed by atoms with Crippen LogP contribution in [0.1, 0.15) is 5.56 Å². The van der Waals surface area contributed by atoms with Gasteiger partial charge in [0, 0.05) is 6.20 Å². The zero-order chi connectivity index (χ0) is 9.38. The summed E-state index contributed by atoms with van der Waals surface area (Å²) in [6.45, 7) is 0.792. The Morgan fingerprint density at radius 1 is 1.14 bits per heavy atom. The number of amidine groups is 1. The molecule has 0 N–H and O–H groups in total. The highest BCUT2D eigenvalue weighted by Crippen LogP contribution is 2.27. The molecule has 0 saturated heterocycles. The van der Waals surface area contributed by atoms with Crippen LogP contribution in [0.4, 0.5) is 5.69 Å². The fraction of sp³-hybridized carbons (Fsp3) is 0.0833. The predicted octanol–water partition coefficient (Wildman–Crippen LogP) is 2.49. The molecular formula is C12H10N2.